The summed E-state index contributed by atoms with van der Waals surface area (Å²) in [6.07, 6.45) is 6.02. The van der Waals surface area contributed by atoms with E-state index in [-0.39, 0.29) is 31.7 Å². The van der Waals surface area contributed by atoms with E-state index in [1.54, 1.807) is 6.07 Å². The van der Waals surface area contributed by atoms with E-state index in [4.69, 9.17) is 19.4 Å². The van der Waals surface area contributed by atoms with Gasteiger partial charge in [-0.15, -0.1) is 11.3 Å². The van der Waals surface area contributed by atoms with Gasteiger partial charge in [-0.2, -0.15) is 0 Å². The Balaban J connectivity index is 1.21. The molecular formula is C36H41FN6O8S2. The lowest BCUT2D eigenvalue weighted by Crippen LogP contribution is -2.58. The van der Waals surface area contributed by atoms with Gasteiger partial charge in [0.25, 0.3) is 5.91 Å². The molecule has 3 N–H and O–H groups in total. The van der Waals surface area contributed by atoms with Gasteiger partial charge >= 0.3 is 6.09 Å². The van der Waals surface area contributed by atoms with Gasteiger partial charge in [0.2, 0.25) is 27.7 Å². The number of hydrogen-bond acceptors (Lipinski definition) is 11. The number of aromatic nitrogens is 2. The number of sulfonamides is 1. The first-order chi connectivity index (χ1) is 25.6. The summed E-state index contributed by atoms with van der Waals surface area (Å²) in [6.45, 7) is -1.45. The van der Waals surface area contributed by atoms with Gasteiger partial charge in [0.1, 0.15) is 42.7 Å². The molecule has 0 spiro atoms. The van der Waals surface area contributed by atoms with Gasteiger partial charge in [-0.1, -0.05) is 43.2 Å². The molecule has 1 aromatic carbocycles. The zero-order chi connectivity index (χ0) is 37.2. The molecule has 0 radical (unpaired) electrons. The number of benzene rings is 1. The van der Waals surface area contributed by atoms with Crippen LogP contribution in [0.25, 0.3) is 21.6 Å². The van der Waals surface area contributed by atoms with Crippen LogP contribution in [0.3, 0.4) is 0 Å². The van der Waals surface area contributed by atoms with Crippen LogP contribution in [-0.4, -0.2) is 95.9 Å². The van der Waals surface area contributed by atoms with E-state index >= 15 is 0 Å². The Hall–Kier alpha value is -4.64. The molecule has 4 heterocycles. The lowest BCUT2D eigenvalue weighted by Gasteiger charge is -2.29. The third kappa shape index (κ3) is 8.15. The van der Waals surface area contributed by atoms with Crippen LogP contribution in [0.2, 0.25) is 0 Å². The monoisotopic (exact) mass is 768 g/mol. The molecule has 4 amide bonds. The Morgan fingerprint density at radius 3 is 2.58 bits per heavy atom. The predicted molar refractivity (Wildman–Crippen MR) is 193 cm³/mol. The number of carbonyl (C=O) groups excluding carboxylic acids is 4. The lowest BCUT2D eigenvalue weighted by atomic mass is 10.1. The predicted octanol–water partition coefficient (Wildman–Crippen LogP) is 3.77. The van der Waals surface area contributed by atoms with Gasteiger partial charge in [-0.25, -0.2) is 27.6 Å². The summed E-state index contributed by atoms with van der Waals surface area (Å²) in [4.78, 5) is 66.7. The second-order valence-electron chi connectivity index (χ2n) is 13.9. The van der Waals surface area contributed by atoms with E-state index in [9.17, 15) is 32.0 Å². The Labute approximate surface area is 310 Å². The van der Waals surface area contributed by atoms with Gasteiger partial charge in [0.15, 0.2) is 0 Å². The lowest BCUT2D eigenvalue weighted by molar-refractivity contribution is -0.141. The summed E-state index contributed by atoms with van der Waals surface area (Å²) >= 11 is 1.45. The quantitative estimate of drug-likeness (QED) is 0.271. The Morgan fingerprint density at radius 1 is 1.06 bits per heavy atom. The number of rotatable bonds is 9. The van der Waals surface area contributed by atoms with E-state index in [0.29, 0.717) is 48.8 Å². The fourth-order valence-electron chi connectivity index (χ4n) is 6.96. The molecule has 14 nitrogen and oxygen atoms in total. The minimum absolute atomic E-state index is 0.00639. The highest BCUT2D eigenvalue weighted by molar-refractivity contribution is 7.91. The van der Waals surface area contributed by atoms with Crippen LogP contribution >= 0.6 is 11.3 Å². The molecule has 3 aromatic rings. The van der Waals surface area contributed by atoms with E-state index in [1.807, 2.05) is 47.9 Å². The fraction of sp³-hybridized carbons (Fsp3) is 0.500. The molecule has 1 unspecified atom stereocenters. The summed E-state index contributed by atoms with van der Waals surface area (Å²) < 4.78 is 52.0. The van der Waals surface area contributed by atoms with Crippen molar-refractivity contribution in [1.29, 1.82) is 0 Å². The summed E-state index contributed by atoms with van der Waals surface area (Å²) in [7, 11) is -3.91. The highest BCUT2D eigenvalue weighted by atomic mass is 32.2. The average molecular weight is 769 g/mol. The van der Waals surface area contributed by atoms with Crippen molar-refractivity contribution in [3.05, 3.63) is 53.9 Å². The molecule has 2 aliphatic heterocycles. The minimum Gasteiger partial charge on any atom is -0.471 e. The van der Waals surface area contributed by atoms with E-state index < -0.39 is 82.0 Å². The topological polar surface area (TPSA) is 186 Å². The number of amides is 4. The zero-order valence-corrected chi connectivity index (χ0v) is 30.5. The first-order valence-electron chi connectivity index (χ1n) is 17.9. The van der Waals surface area contributed by atoms with Crippen molar-refractivity contribution in [1.82, 2.24) is 30.2 Å². The van der Waals surface area contributed by atoms with Crippen molar-refractivity contribution in [3.63, 3.8) is 0 Å². The molecule has 4 aliphatic rings. The number of hydrogen-bond donors (Lipinski definition) is 3. The van der Waals surface area contributed by atoms with Crippen LogP contribution < -0.4 is 20.1 Å². The zero-order valence-electron chi connectivity index (χ0n) is 28.9. The van der Waals surface area contributed by atoms with Crippen molar-refractivity contribution >= 4 is 56.2 Å². The standard InChI is InChI=1S/C36H41FN6O8S2/c37-16-17-50-35(47)40-27-12-5-3-1-2-4-9-22-20-36(22,34(46)42-53(48,49)24-14-15-24)41-31(44)28-19-23(21-43(28)33(27)45)51-32-30(29-13-8-18-52-29)38-25-10-6-7-11-26(25)39-32/h4,6-11,13,18,22-24,27-28H,1-3,5,12,14-17,19-21H2,(H,40,47)(H,41,44)(H,42,46)/b9-4+/t22?,23-,27-,28+,36-/m1/s1. The van der Waals surface area contributed by atoms with Crippen LogP contribution in [0.5, 0.6) is 5.88 Å². The second-order valence-corrected chi connectivity index (χ2v) is 16.8. The van der Waals surface area contributed by atoms with Crippen molar-refractivity contribution in [2.75, 3.05) is 19.8 Å². The van der Waals surface area contributed by atoms with Crippen LogP contribution in [0.15, 0.2) is 53.9 Å². The number of fused-ring (bicyclic) bond motifs is 3. The first-order valence-corrected chi connectivity index (χ1v) is 20.3. The molecule has 2 aromatic heterocycles. The van der Waals surface area contributed by atoms with Crippen molar-refractivity contribution in [2.45, 2.75) is 86.8 Å². The number of thiophene rings is 1. The Morgan fingerprint density at radius 2 is 1.85 bits per heavy atom. The molecule has 17 heteroatoms. The van der Waals surface area contributed by atoms with Gasteiger partial charge in [-0.05, 0) is 62.1 Å². The van der Waals surface area contributed by atoms with Crippen LogP contribution in [-0.2, 0) is 29.1 Å². The fourth-order valence-corrected chi connectivity index (χ4v) is 9.03. The molecule has 282 valence electrons. The number of carbonyl (C=O) groups is 4. The SMILES string of the molecule is O=C(N[C@@H]1CCCCC/C=C/C2C[C@@]2(C(=O)NS(=O)(=O)C2CC2)NC(=O)[C@@H]2C[C@@H](Oc3nc4ccccc4nc3-c3cccs3)CN2C1=O)OCCF. The molecule has 2 aliphatic carbocycles. The number of nitrogens with one attached hydrogen (secondary N) is 3. The van der Waals surface area contributed by atoms with E-state index in [2.05, 4.69) is 15.4 Å². The molecule has 2 saturated carbocycles. The van der Waals surface area contributed by atoms with Crippen LogP contribution in [0.1, 0.15) is 57.8 Å². The maximum atomic E-state index is 14.4. The minimum atomic E-state index is -3.91. The summed E-state index contributed by atoms with van der Waals surface area (Å²) in [5.74, 6) is -2.31. The Bertz CT molecular complexity index is 2010. The van der Waals surface area contributed by atoms with Gasteiger partial charge in [-0.3, -0.25) is 19.1 Å². The van der Waals surface area contributed by atoms with Crippen LogP contribution in [0, 0.1) is 5.92 Å². The molecule has 0 bridgehead atoms. The summed E-state index contributed by atoms with van der Waals surface area (Å²) in [6, 6.07) is 8.82. The maximum absolute atomic E-state index is 14.4. The normalized spacial score (nSPS) is 27.0. The highest BCUT2D eigenvalue weighted by Gasteiger charge is 2.62. The molecular weight excluding hydrogens is 728 g/mol. The number of nitrogens with zero attached hydrogens (tertiary/aromatic N) is 3. The van der Waals surface area contributed by atoms with E-state index in [1.165, 1.54) is 16.2 Å². The van der Waals surface area contributed by atoms with Crippen LogP contribution in [0.4, 0.5) is 9.18 Å². The molecule has 53 heavy (non-hydrogen) atoms. The number of para-hydroxylation sites is 2. The number of halogens is 1. The molecule has 1 saturated heterocycles. The number of alkyl halides is 1. The Kier molecular flexibility index (Phi) is 10.7. The van der Waals surface area contributed by atoms with E-state index in [0.717, 1.165) is 11.3 Å². The third-order valence-corrected chi connectivity index (χ3v) is 12.7. The molecule has 5 atom stereocenters. The number of alkyl carbamates (subject to hydrolysis) is 1. The van der Waals surface area contributed by atoms with Crippen molar-refractivity contribution < 1.29 is 41.5 Å². The molecule has 7 rings (SSSR count). The maximum Gasteiger partial charge on any atom is 0.407 e. The average Bonchev–Trinajstić information content (AvgIpc) is 4.01. The van der Waals surface area contributed by atoms with Gasteiger partial charge in [0.05, 0.1) is 27.7 Å². The summed E-state index contributed by atoms with van der Waals surface area (Å²) in [5, 5.41) is 6.66. The van der Waals surface area contributed by atoms with Gasteiger partial charge < -0.3 is 25.0 Å². The highest BCUT2D eigenvalue weighted by Crippen LogP contribution is 2.46. The first kappa shape index (κ1) is 36.7. The van der Waals surface area contributed by atoms with Crippen molar-refractivity contribution in [2.24, 2.45) is 5.92 Å². The molecule has 3 fully saturated rings. The number of ether oxygens (including phenoxy) is 2. The number of allylic oxidation sites excluding steroid dienone is 1. The van der Waals surface area contributed by atoms with Gasteiger partial charge in [0, 0.05) is 12.3 Å². The largest absolute Gasteiger partial charge is 0.471 e. The van der Waals surface area contributed by atoms with Crippen molar-refractivity contribution in [3.8, 4) is 16.5 Å². The summed E-state index contributed by atoms with van der Waals surface area (Å²) in [5.41, 5.74) is 0.204. The third-order valence-electron chi connectivity index (χ3n) is 10.0. The smallest absolute Gasteiger partial charge is 0.407 e. The second kappa shape index (κ2) is 15.4.